The van der Waals surface area contributed by atoms with Crippen molar-refractivity contribution in [2.24, 2.45) is 17.8 Å². The second-order valence-corrected chi connectivity index (χ2v) is 9.12. The minimum atomic E-state index is -0.442. The second-order valence-electron chi connectivity index (χ2n) is 9.12. The van der Waals surface area contributed by atoms with Gasteiger partial charge in [-0.3, -0.25) is 4.90 Å². The fourth-order valence-electron chi connectivity index (χ4n) is 4.73. The van der Waals surface area contributed by atoms with Gasteiger partial charge in [0.2, 0.25) is 0 Å². The highest BCUT2D eigenvalue weighted by Crippen LogP contribution is 2.35. The SMILES string of the molecule is CC(C)[C@@H]1CC[C@@H](C)C[C@@H]1OC[C@@H](O)CN1CCN(c2ccc(F)cc2)CC1. The van der Waals surface area contributed by atoms with Gasteiger partial charge in [0.15, 0.2) is 0 Å². The summed E-state index contributed by atoms with van der Waals surface area (Å²) in [6.45, 7) is 11.6. The van der Waals surface area contributed by atoms with Crippen molar-refractivity contribution in [3.05, 3.63) is 30.1 Å². The Morgan fingerprint density at radius 1 is 1.11 bits per heavy atom. The standard InChI is InChI=1S/C23H37FN2O2/c1-17(2)22-9-4-18(3)14-23(22)28-16-21(27)15-25-10-12-26(13-11-25)20-7-5-19(24)6-8-20/h5-8,17-18,21-23,27H,4,9-16H2,1-3H3/t18-,21+,22+,23+/m1/s1. The molecule has 28 heavy (non-hydrogen) atoms. The summed E-state index contributed by atoms with van der Waals surface area (Å²) in [5.74, 6) is 1.77. The van der Waals surface area contributed by atoms with Crippen molar-refractivity contribution in [2.75, 3.05) is 44.2 Å². The average Bonchev–Trinajstić information content (AvgIpc) is 2.67. The highest BCUT2D eigenvalue weighted by atomic mass is 19.1. The van der Waals surface area contributed by atoms with E-state index in [4.69, 9.17) is 4.74 Å². The van der Waals surface area contributed by atoms with Gasteiger partial charge in [-0.15, -0.1) is 0 Å². The summed E-state index contributed by atoms with van der Waals surface area (Å²) < 4.78 is 19.3. The van der Waals surface area contributed by atoms with E-state index < -0.39 is 6.10 Å². The summed E-state index contributed by atoms with van der Waals surface area (Å²) in [6, 6.07) is 6.70. The third kappa shape index (κ3) is 5.91. The van der Waals surface area contributed by atoms with Crippen molar-refractivity contribution in [2.45, 2.75) is 52.2 Å². The lowest BCUT2D eigenvalue weighted by atomic mass is 9.75. The molecular weight excluding hydrogens is 355 g/mol. The zero-order chi connectivity index (χ0) is 20.1. The molecule has 2 fully saturated rings. The van der Waals surface area contributed by atoms with Gasteiger partial charge in [0.25, 0.3) is 0 Å². The van der Waals surface area contributed by atoms with Crippen LogP contribution in [0.2, 0.25) is 0 Å². The van der Waals surface area contributed by atoms with Crippen LogP contribution in [0.5, 0.6) is 0 Å². The first-order valence-corrected chi connectivity index (χ1v) is 10.9. The van der Waals surface area contributed by atoms with Crippen LogP contribution in [0.1, 0.15) is 40.0 Å². The van der Waals surface area contributed by atoms with E-state index in [-0.39, 0.29) is 11.9 Å². The molecule has 0 amide bonds. The summed E-state index contributed by atoms with van der Waals surface area (Å²) in [5.41, 5.74) is 1.07. The Balaban J connectivity index is 1.40. The molecule has 4 atom stereocenters. The fourth-order valence-corrected chi connectivity index (χ4v) is 4.73. The van der Waals surface area contributed by atoms with E-state index in [1.807, 2.05) is 12.1 Å². The third-order valence-electron chi connectivity index (χ3n) is 6.50. The van der Waals surface area contributed by atoms with Gasteiger partial charge in [-0.25, -0.2) is 4.39 Å². The quantitative estimate of drug-likeness (QED) is 0.766. The maximum absolute atomic E-state index is 13.1. The first kappa shape index (κ1) is 21.5. The van der Waals surface area contributed by atoms with E-state index in [9.17, 15) is 9.50 Å². The first-order chi connectivity index (χ1) is 13.4. The Hall–Kier alpha value is -1.17. The topological polar surface area (TPSA) is 35.9 Å². The molecule has 1 aliphatic heterocycles. The van der Waals surface area contributed by atoms with Crippen molar-refractivity contribution in [1.82, 2.24) is 4.90 Å². The number of nitrogens with zero attached hydrogens (tertiary/aromatic N) is 2. The van der Waals surface area contributed by atoms with Gasteiger partial charge in [0.05, 0.1) is 18.8 Å². The van der Waals surface area contributed by atoms with Crippen LogP contribution >= 0.6 is 0 Å². The summed E-state index contributed by atoms with van der Waals surface area (Å²) >= 11 is 0. The number of anilines is 1. The van der Waals surface area contributed by atoms with E-state index >= 15 is 0 Å². The van der Waals surface area contributed by atoms with Crippen molar-refractivity contribution >= 4 is 5.69 Å². The fraction of sp³-hybridized carbons (Fsp3) is 0.739. The van der Waals surface area contributed by atoms with Crippen LogP contribution in [0.25, 0.3) is 0 Å². The average molecular weight is 393 g/mol. The summed E-state index contributed by atoms with van der Waals surface area (Å²) in [5, 5.41) is 10.5. The zero-order valence-corrected chi connectivity index (χ0v) is 17.7. The Morgan fingerprint density at radius 2 is 1.79 bits per heavy atom. The number of piperazine rings is 1. The van der Waals surface area contributed by atoms with Gasteiger partial charge < -0.3 is 14.7 Å². The molecule has 1 aromatic carbocycles. The number of benzene rings is 1. The number of hydrogen-bond acceptors (Lipinski definition) is 4. The normalized spacial score (nSPS) is 27.9. The molecule has 0 unspecified atom stereocenters. The molecule has 5 heteroatoms. The highest BCUT2D eigenvalue weighted by molar-refractivity contribution is 5.46. The van der Waals surface area contributed by atoms with Gasteiger partial charge >= 0.3 is 0 Å². The van der Waals surface area contributed by atoms with Gasteiger partial charge in [-0.1, -0.05) is 27.2 Å². The van der Waals surface area contributed by atoms with Crippen LogP contribution in [0.4, 0.5) is 10.1 Å². The van der Waals surface area contributed by atoms with Crippen molar-refractivity contribution in [1.29, 1.82) is 0 Å². The van der Waals surface area contributed by atoms with Crippen molar-refractivity contribution < 1.29 is 14.2 Å². The van der Waals surface area contributed by atoms with Crippen LogP contribution < -0.4 is 4.90 Å². The third-order valence-corrected chi connectivity index (χ3v) is 6.50. The van der Waals surface area contributed by atoms with E-state index in [1.54, 1.807) is 0 Å². The molecule has 1 aliphatic carbocycles. The lowest BCUT2D eigenvalue weighted by Gasteiger charge is -2.39. The molecule has 1 aromatic rings. The summed E-state index contributed by atoms with van der Waals surface area (Å²) in [7, 11) is 0. The molecule has 2 aliphatic rings. The lowest BCUT2D eigenvalue weighted by molar-refractivity contribution is -0.0740. The van der Waals surface area contributed by atoms with Gasteiger partial charge in [0.1, 0.15) is 5.82 Å². The van der Waals surface area contributed by atoms with Crippen LogP contribution in [0, 0.1) is 23.6 Å². The number of β-amino-alcohol motifs (C(OH)–C–C–N with tert-alkyl or cyclic N) is 1. The number of hydrogen-bond donors (Lipinski definition) is 1. The molecule has 158 valence electrons. The second kappa shape index (κ2) is 10.0. The number of aliphatic hydroxyl groups excluding tert-OH is 1. The van der Waals surface area contributed by atoms with Crippen molar-refractivity contribution in [3.63, 3.8) is 0 Å². The number of halogens is 1. The predicted molar refractivity (Wildman–Crippen MR) is 112 cm³/mol. The van der Waals surface area contributed by atoms with Crippen LogP contribution in [0.3, 0.4) is 0 Å². The predicted octanol–water partition coefficient (Wildman–Crippen LogP) is 3.79. The Morgan fingerprint density at radius 3 is 2.43 bits per heavy atom. The minimum absolute atomic E-state index is 0.197. The van der Waals surface area contributed by atoms with Gasteiger partial charge in [-0.2, -0.15) is 0 Å². The van der Waals surface area contributed by atoms with Crippen LogP contribution in [-0.2, 0) is 4.74 Å². The van der Waals surface area contributed by atoms with Gasteiger partial charge in [0, 0.05) is 38.4 Å². The molecule has 0 aromatic heterocycles. The highest BCUT2D eigenvalue weighted by Gasteiger charge is 2.32. The number of rotatable bonds is 7. The van der Waals surface area contributed by atoms with E-state index in [1.165, 1.54) is 25.0 Å². The molecule has 1 saturated heterocycles. The molecule has 0 bridgehead atoms. The zero-order valence-electron chi connectivity index (χ0n) is 17.7. The lowest BCUT2D eigenvalue weighted by Crippen LogP contribution is -2.49. The Bertz CT molecular complexity index is 587. The Labute approximate surface area is 169 Å². The van der Waals surface area contributed by atoms with E-state index in [0.717, 1.165) is 44.2 Å². The molecule has 1 saturated carbocycles. The summed E-state index contributed by atoms with van der Waals surface area (Å²) in [4.78, 5) is 4.58. The van der Waals surface area contributed by atoms with Gasteiger partial charge in [-0.05, 0) is 54.9 Å². The van der Waals surface area contributed by atoms with Crippen LogP contribution in [0.15, 0.2) is 24.3 Å². The molecule has 0 radical (unpaired) electrons. The van der Waals surface area contributed by atoms with E-state index in [0.29, 0.717) is 25.0 Å². The first-order valence-electron chi connectivity index (χ1n) is 10.9. The number of ether oxygens (including phenoxy) is 1. The maximum atomic E-state index is 13.1. The Kier molecular flexibility index (Phi) is 7.72. The smallest absolute Gasteiger partial charge is 0.123 e. The molecular formula is C23H37FN2O2. The molecule has 1 heterocycles. The molecule has 3 rings (SSSR count). The van der Waals surface area contributed by atoms with E-state index in [2.05, 4.69) is 30.6 Å². The molecule has 1 N–H and O–H groups in total. The molecule has 4 nitrogen and oxygen atoms in total. The minimum Gasteiger partial charge on any atom is -0.389 e. The molecule has 0 spiro atoms. The van der Waals surface area contributed by atoms with Crippen LogP contribution in [-0.4, -0.2) is 61.5 Å². The number of aliphatic hydroxyl groups is 1. The maximum Gasteiger partial charge on any atom is 0.123 e. The summed E-state index contributed by atoms with van der Waals surface area (Å²) in [6.07, 6.45) is 3.50. The largest absolute Gasteiger partial charge is 0.389 e. The van der Waals surface area contributed by atoms with Crippen molar-refractivity contribution in [3.8, 4) is 0 Å². The monoisotopic (exact) mass is 392 g/mol.